The van der Waals surface area contributed by atoms with E-state index in [2.05, 4.69) is 0 Å². The molecule has 3 rings (SSSR count). The van der Waals surface area contributed by atoms with Crippen molar-refractivity contribution >= 4 is 40.1 Å². The molecule has 0 aliphatic rings. The van der Waals surface area contributed by atoms with Crippen LogP contribution in [0.3, 0.4) is 0 Å². The van der Waals surface area contributed by atoms with E-state index in [9.17, 15) is 9.90 Å². The third-order valence-corrected chi connectivity index (χ3v) is 4.02. The average Bonchev–Trinajstić information content (AvgIpc) is 2.74. The second-order valence-electron chi connectivity index (χ2n) is 4.70. The number of aromatic carboxylic acids is 1. The summed E-state index contributed by atoms with van der Waals surface area (Å²) in [6, 6.07) is 14.7. The van der Waals surface area contributed by atoms with Gasteiger partial charge in [0, 0.05) is 17.0 Å². The van der Waals surface area contributed by atoms with Crippen molar-refractivity contribution < 1.29 is 9.90 Å². The fraction of sp³-hybridized carbons (Fsp3) is 0.0625. The maximum absolute atomic E-state index is 11.4. The number of halogens is 2. The summed E-state index contributed by atoms with van der Waals surface area (Å²) in [7, 11) is 0. The van der Waals surface area contributed by atoms with E-state index in [0.29, 0.717) is 17.0 Å². The summed E-state index contributed by atoms with van der Waals surface area (Å²) in [5.41, 5.74) is 1.94. The molecule has 5 heteroatoms. The third-order valence-electron chi connectivity index (χ3n) is 3.38. The van der Waals surface area contributed by atoms with Gasteiger partial charge in [-0.05, 0) is 23.8 Å². The number of nitrogens with zero attached hydrogens (tertiary/aromatic N) is 1. The van der Waals surface area contributed by atoms with Crippen molar-refractivity contribution in [3.05, 3.63) is 69.8 Å². The van der Waals surface area contributed by atoms with E-state index in [0.717, 1.165) is 11.1 Å². The Bertz CT molecular complexity index is 822. The van der Waals surface area contributed by atoms with Crippen LogP contribution < -0.4 is 0 Å². The van der Waals surface area contributed by atoms with Gasteiger partial charge in [0.1, 0.15) is 10.7 Å². The van der Waals surface area contributed by atoms with Crippen LogP contribution in [0.1, 0.15) is 15.9 Å². The molecule has 0 amide bonds. The van der Waals surface area contributed by atoms with Crippen molar-refractivity contribution in [1.29, 1.82) is 0 Å². The first-order valence-corrected chi connectivity index (χ1v) is 7.08. The van der Waals surface area contributed by atoms with Crippen LogP contribution in [0.15, 0.2) is 48.5 Å². The summed E-state index contributed by atoms with van der Waals surface area (Å²) < 4.78 is 1.80. The molecular formula is C16H11Cl2NO2. The van der Waals surface area contributed by atoms with Gasteiger partial charge in [-0.15, -0.1) is 0 Å². The lowest BCUT2D eigenvalue weighted by molar-refractivity contribution is 0.0699. The van der Waals surface area contributed by atoms with Crippen LogP contribution >= 0.6 is 23.2 Å². The van der Waals surface area contributed by atoms with Crippen molar-refractivity contribution in [2.24, 2.45) is 0 Å². The molecule has 1 heterocycles. The lowest BCUT2D eigenvalue weighted by Gasteiger charge is -2.07. The Morgan fingerprint density at radius 2 is 1.71 bits per heavy atom. The zero-order valence-electron chi connectivity index (χ0n) is 10.9. The smallest absolute Gasteiger partial charge is 0.339 e. The van der Waals surface area contributed by atoms with Crippen LogP contribution in [-0.2, 0) is 6.54 Å². The van der Waals surface area contributed by atoms with Gasteiger partial charge in [-0.1, -0.05) is 53.5 Å². The molecule has 106 valence electrons. The Morgan fingerprint density at radius 3 is 2.38 bits per heavy atom. The summed E-state index contributed by atoms with van der Waals surface area (Å²) in [5, 5.41) is 10.9. The molecule has 2 aromatic carbocycles. The minimum Gasteiger partial charge on any atom is -0.478 e. The first kappa shape index (κ1) is 14.0. The quantitative estimate of drug-likeness (QED) is 0.760. The maximum atomic E-state index is 11.4. The van der Waals surface area contributed by atoms with Gasteiger partial charge in [-0.3, -0.25) is 0 Å². The van der Waals surface area contributed by atoms with Gasteiger partial charge < -0.3 is 9.67 Å². The highest BCUT2D eigenvalue weighted by atomic mass is 35.5. The molecule has 0 atom stereocenters. The van der Waals surface area contributed by atoms with Crippen molar-refractivity contribution in [3.8, 4) is 0 Å². The Hall–Kier alpha value is -1.97. The largest absolute Gasteiger partial charge is 0.478 e. The highest BCUT2D eigenvalue weighted by Crippen LogP contribution is 2.30. The Balaban J connectivity index is 2.16. The van der Waals surface area contributed by atoms with Crippen molar-refractivity contribution in [2.75, 3.05) is 0 Å². The Labute approximate surface area is 131 Å². The summed E-state index contributed by atoms with van der Waals surface area (Å²) in [6.07, 6.45) is 0. The van der Waals surface area contributed by atoms with Crippen molar-refractivity contribution in [3.63, 3.8) is 0 Å². The Kier molecular flexibility index (Phi) is 3.62. The molecule has 3 aromatic rings. The van der Waals surface area contributed by atoms with Gasteiger partial charge in [-0.25, -0.2) is 4.79 Å². The zero-order valence-corrected chi connectivity index (χ0v) is 12.4. The fourth-order valence-corrected chi connectivity index (χ4v) is 2.86. The molecular weight excluding hydrogens is 309 g/mol. The number of benzene rings is 2. The number of hydrogen-bond donors (Lipinski definition) is 1. The van der Waals surface area contributed by atoms with E-state index >= 15 is 0 Å². The molecule has 0 spiro atoms. The van der Waals surface area contributed by atoms with E-state index in [4.69, 9.17) is 23.2 Å². The molecule has 1 aromatic heterocycles. The number of rotatable bonds is 3. The normalized spacial score (nSPS) is 11.0. The van der Waals surface area contributed by atoms with Gasteiger partial charge >= 0.3 is 5.97 Å². The number of para-hydroxylation sites is 1. The van der Waals surface area contributed by atoms with Crippen LogP contribution in [0.5, 0.6) is 0 Å². The molecule has 1 N–H and O–H groups in total. The van der Waals surface area contributed by atoms with Gasteiger partial charge in [0.15, 0.2) is 0 Å². The van der Waals surface area contributed by atoms with Gasteiger partial charge in [0.2, 0.25) is 0 Å². The predicted molar refractivity (Wildman–Crippen MR) is 84.5 cm³/mol. The van der Waals surface area contributed by atoms with Gasteiger partial charge in [-0.2, -0.15) is 0 Å². The second kappa shape index (κ2) is 5.43. The summed E-state index contributed by atoms with van der Waals surface area (Å²) in [5.74, 6) is -1.02. The molecule has 0 bridgehead atoms. The summed E-state index contributed by atoms with van der Waals surface area (Å²) >= 11 is 12.2. The highest BCUT2D eigenvalue weighted by molar-refractivity contribution is 6.35. The highest BCUT2D eigenvalue weighted by Gasteiger charge is 2.20. The molecule has 0 aliphatic heterocycles. The predicted octanol–water partition coefficient (Wildman–Crippen LogP) is 4.69. The minimum atomic E-state index is -1.02. The average molecular weight is 320 g/mol. The molecule has 0 saturated heterocycles. The van der Waals surface area contributed by atoms with Gasteiger partial charge in [0.05, 0.1) is 5.52 Å². The zero-order chi connectivity index (χ0) is 15.0. The van der Waals surface area contributed by atoms with Crippen LogP contribution in [0.25, 0.3) is 10.9 Å². The van der Waals surface area contributed by atoms with E-state index in [-0.39, 0.29) is 10.7 Å². The third kappa shape index (κ3) is 2.50. The Morgan fingerprint density at radius 1 is 1.05 bits per heavy atom. The molecule has 0 radical (unpaired) electrons. The number of hydrogen-bond acceptors (Lipinski definition) is 1. The standard InChI is InChI=1S/C16H11Cl2NO2/c17-11-7-5-10(6-8-11)9-19-13-4-2-1-3-12(13)14(15(19)18)16(20)21/h1-8H,9H2,(H,20,21). The lowest BCUT2D eigenvalue weighted by atomic mass is 10.2. The van der Waals surface area contributed by atoms with Crippen LogP contribution in [0.4, 0.5) is 0 Å². The SMILES string of the molecule is O=C(O)c1c(Cl)n(Cc2ccc(Cl)cc2)c2ccccc12. The summed E-state index contributed by atoms with van der Waals surface area (Å²) in [6.45, 7) is 0.490. The van der Waals surface area contributed by atoms with Crippen LogP contribution in [0, 0.1) is 0 Å². The number of carboxylic acid groups (broad SMARTS) is 1. The van der Waals surface area contributed by atoms with E-state index in [1.807, 2.05) is 24.3 Å². The summed E-state index contributed by atoms with van der Waals surface area (Å²) in [4.78, 5) is 11.4. The number of aromatic nitrogens is 1. The number of carboxylic acids is 1. The van der Waals surface area contributed by atoms with Crippen LogP contribution in [-0.4, -0.2) is 15.6 Å². The first-order chi connectivity index (χ1) is 10.1. The maximum Gasteiger partial charge on any atom is 0.339 e. The molecule has 0 fully saturated rings. The minimum absolute atomic E-state index is 0.140. The van der Waals surface area contributed by atoms with Crippen LogP contribution in [0.2, 0.25) is 10.2 Å². The molecule has 21 heavy (non-hydrogen) atoms. The molecule has 0 aliphatic carbocycles. The topological polar surface area (TPSA) is 42.2 Å². The van der Waals surface area contributed by atoms with E-state index in [1.54, 1.807) is 28.8 Å². The van der Waals surface area contributed by atoms with Gasteiger partial charge in [0.25, 0.3) is 0 Å². The monoisotopic (exact) mass is 319 g/mol. The first-order valence-electron chi connectivity index (χ1n) is 6.32. The van der Waals surface area contributed by atoms with Crippen molar-refractivity contribution in [2.45, 2.75) is 6.54 Å². The molecule has 3 nitrogen and oxygen atoms in total. The van der Waals surface area contributed by atoms with E-state index in [1.165, 1.54) is 0 Å². The van der Waals surface area contributed by atoms with E-state index < -0.39 is 5.97 Å². The number of carbonyl (C=O) groups is 1. The lowest BCUT2D eigenvalue weighted by Crippen LogP contribution is -2.01. The second-order valence-corrected chi connectivity index (χ2v) is 5.50. The van der Waals surface area contributed by atoms with Crippen molar-refractivity contribution in [1.82, 2.24) is 4.57 Å². The fourth-order valence-electron chi connectivity index (χ4n) is 2.40. The molecule has 0 saturated carbocycles. The number of fused-ring (bicyclic) bond motifs is 1. The molecule has 0 unspecified atom stereocenters.